The molecule has 0 fully saturated rings. The number of rotatable bonds is 2. The summed E-state index contributed by atoms with van der Waals surface area (Å²) in [7, 11) is 0. The minimum absolute atomic E-state index is 0.0238. The van der Waals surface area contributed by atoms with E-state index in [-0.39, 0.29) is 5.41 Å². The third-order valence-electron chi connectivity index (χ3n) is 8.05. The topological polar surface area (TPSA) is 12.9 Å². The van der Waals surface area contributed by atoms with Gasteiger partial charge in [0.25, 0.3) is 0 Å². The Kier molecular flexibility index (Phi) is 5.85. The molecule has 5 heteroatoms. The molecule has 0 radical (unpaired) electrons. The van der Waals surface area contributed by atoms with Crippen LogP contribution in [0.4, 0.5) is 13.2 Å². The third kappa shape index (κ3) is 4.30. The second-order valence-corrected chi connectivity index (χ2v) is 21.0. The second kappa shape index (κ2) is 8.82. The number of aromatic nitrogens is 1. The Labute approximate surface area is 230 Å². The normalized spacial score (nSPS) is 14.4. The van der Waals surface area contributed by atoms with Gasteiger partial charge in [0.1, 0.15) is 0 Å². The number of hydrogen-bond donors (Lipinski definition) is 0. The fourth-order valence-corrected chi connectivity index (χ4v) is 13.1. The SMILES string of the molecule is CC(C)(C)c1cc(-c2nccc3[c]2[Ge]([CH3])([CH3])[c]2cc(-c4ccc(C(F)(F)F)cc4)ccc2-3)cc2ccccc12. The first-order valence-corrected chi connectivity index (χ1v) is 19.5. The second-order valence-electron chi connectivity index (χ2n) is 12.0. The maximum atomic E-state index is 13.1. The van der Waals surface area contributed by atoms with Gasteiger partial charge in [0, 0.05) is 0 Å². The van der Waals surface area contributed by atoms with Gasteiger partial charge < -0.3 is 0 Å². The molecule has 0 unspecified atom stereocenters. The number of hydrogen-bond acceptors (Lipinski definition) is 1. The van der Waals surface area contributed by atoms with Crippen molar-refractivity contribution in [1.82, 2.24) is 4.98 Å². The van der Waals surface area contributed by atoms with E-state index in [0.717, 1.165) is 22.4 Å². The molecule has 5 aromatic rings. The van der Waals surface area contributed by atoms with Crippen LogP contribution in [-0.4, -0.2) is 18.3 Å². The number of pyridine rings is 1. The summed E-state index contributed by atoms with van der Waals surface area (Å²) in [6.07, 6.45) is -2.42. The van der Waals surface area contributed by atoms with Crippen LogP contribution < -0.4 is 8.79 Å². The van der Waals surface area contributed by atoms with Gasteiger partial charge >= 0.3 is 231 Å². The summed E-state index contributed by atoms with van der Waals surface area (Å²) in [6, 6.07) is 27.1. The van der Waals surface area contributed by atoms with Crippen molar-refractivity contribution in [2.24, 2.45) is 0 Å². The molecule has 0 N–H and O–H groups in total. The zero-order valence-corrected chi connectivity index (χ0v) is 24.8. The molecule has 4 aromatic carbocycles. The van der Waals surface area contributed by atoms with Crippen molar-refractivity contribution < 1.29 is 13.2 Å². The maximum absolute atomic E-state index is 13.1. The van der Waals surface area contributed by atoms with Gasteiger partial charge in [-0.15, -0.1) is 0 Å². The Morgan fingerprint density at radius 1 is 0.692 bits per heavy atom. The quantitative estimate of drug-likeness (QED) is 0.190. The van der Waals surface area contributed by atoms with Crippen LogP contribution in [-0.2, 0) is 11.6 Å². The summed E-state index contributed by atoms with van der Waals surface area (Å²) in [4.78, 5) is 4.98. The summed E-state index contributed by atoms with van der Waals surface area (Å²) < 4.78 is 42.0. The molecule has 1 aliphatic heterocycles. The molecule has 2 heterocycles. The van der Waals surface area contributed by atoms with E-state index >= 15 is 0 Å². The van der Waals surface area contributed by atoms with Crippen LogP contribution in [0, 0.1) is 0 Å². The van der Waals surface area contributed by atoms with Crippen LogP contribution in [0.3, 0.4) is 0 Å². The van der Waals surface area contributed by atoms with Gasteiger partial charge in [-0.25, -0.2) is 0 Å². The zero-order chi connectivity index (χ0) is 27.7. The average molecular weight is 582 g/mol. The summed E-state index contributed by atoms with van der Waals surface area (Å²) >= 11 is -2.83. The molecule has 0 bridgehead atoms. The molecule has 1 aliphatic rings. The number of nitrogens with zero attached hydrogens (tertiary/aromatic N) is 1. The number of halogens is 3. The molecule has 0 atom stereocenters. The van der Waals surface area contributed by atoms with Crippen molar-refractivity contribution >= 4 is 32.8 Å². The fourth-order valence-electron chi connectivity index (χ4n) is 6.07. The molecule has 1 nitrogen and oxygen atoms in total. The molecular formula is C34H30F3GeN. The Morgan fingerprint density at radius 3 is 2.08 bits per heavy atom. The van der Waals surface area contributed by atoms with Gasteiger partial charge in [-0.2, -0.15) is 0 Å². The van der Waals surface area contributed by atoms with Crippen molar-refractivity contribution in [2.75, 3.05) is 0 Å². The predicted molar refractivity (Wildman–Crippen MR) is 159 cm³/mol. The fraction of sp³-hybridized carbons (Fsp3) is 0.206. The van der Waals surface area contributed by atoms with Crippen LogP contribution in [0.2, 0.25) is 11.5 Å². The summed E-state index contributed by atoms with van der Waals surface area (Å²) in [6.45, 7) is 6.76. The van der Waals surface area contributed by atoms with E-state index in [1.807, 2.05) is 12.3 Å². The van der Waals surface area contributed by atoms with E-state index in [1.165, 1.54) is 48.4 Å². The van der Waals surface area contributed by atoms with Crippen LogP contribution in [0.1, 0.15) is 31.9 Å². The molecule has 196 valence electrons. The predicted octanol–water partition coefficient (Wildman–Crippen LogP) is 8.69. The van der Waals surface area contributed by atoms with Crippen LogP contribution in [0.15, 0.2) is 91.1 Å². The van der Waals surface area contributed by atoms with E-state index in [9.17, 15) is 13.2 Å². The van der Waals surface area contributed by atoms with Crippen molar-refractivity contribution in [3.8, 4) is 33.5 Å². The first kappa shape index (κ1) is 25.9. The molecule has 0 saturated carbocycles. The Morgan fingerprint density at radius 2 is 1.38 bits per heavy atom. The molecule has 6 rings (SSSR count). The summed E-state index contributed by atoms with van der Waals surface area (Å²) in [5.41, 5.74) is 7.07. The molecule has 0 spiro atoms. The van der Waals surface area contributed by atoms with Crippen molar-refractivity contribution in [2.45, 2.75) is 43.9 Å². The monoisotopic (exact) mass is 583 g/mol. The summed E-state index contributed by atoms with van der Waals surface area (Å²) in [5, 5.41) is 2.48. The average Bonchev–Trinajstić information content (AvgIpc) is 3.13. The minimum atomic E-state index is -4.34. The molecule has 0 saturated heterocycles. The van der Waals surface area contributed by atoms with E-state index in [0.29, 0.717) is 0 Å². The van der Waals surface area contributed by atoms with E-state index in [2.05, 4.69) is 86.9 Å². The first-order chi connectivity index (χ1) is 18.4. The van der Waals surface area contributed by atoms with Crippen LogP contribution in [0.25, 0.3) is 44.3 Å². The van der Waals surface area contributed by atoms with E-state index in [4.69, 9.17) is 4.98 Å². The van der Waals surface area contributed by atoms with Crippen molar-refractivity contribution in [3.63, 3.8) is 0 Å². The van der Waals surface area contributed by atoms with Gasteiger partial charge in [-0.1, -0.05) is 0 Å². The van der Waals surface area contributed by atoms with Gasteiger partial charge in [0.15, 0.2) is 0 Å². The Balaban J connectivity index is 1.50. The third-order valence-corrected chi connectivity index (χ3v) is 15.4. The molecular weight excluding hydrogens is 552 g/mol. The molecule has 1 aromatic heterocycles. The Bertz CT molecular complexity index is 1740. The van der Waals surface area contributed by atoms with Crippen LogP contribution >= 0.6 is 0 Å². The number of benzene rings is 4. The summed E-state index contributed by atoms with van der Waals surface area (Å²) in [5.74, 6) is 4.80. The number of fused-ring (bicyclic) bond motifs is 4. The van der Waals surface area contributed by atoms with Gasteiger partial charge in [0.05, 0.1) is 0 Å². The standard InChI is InChI=1S/C34H30F3GeN/c1-33(2,3)29-19-24(18-23-8-6-7-9-26(23)29)32-31-28(16-17-39-32)27-15-12-22(20-30(27)38(31,4)5)21-10-13-25(14-11-21)34(35,36)37/h6-20H,1-5H3. The Hall–Kier alpha value is -3.38. The first-order valence-electron chi connectivity index (χ1n) is 13.2. The molecule has 39 heavy (non-hydrogen) atoms. The van der Waals surface area contributed by atoms with Crippen molar-refractivity contribution in [3.05, 3.63) is 102 Å². The van der Waals surface area contributed by atoms with Crippen LogP contribution in [0.5, 0.6) is 0 Å². The van der Waals surface area contributed by atoms with Gasteiger partial charge in [-0.05, 0) is 0 Å². The number of alkyl halides is 3. The van der Waals surface area contributed by atoms with Gasteiger partial charge in [-0.3, -0.25) is 0 Å². The molecule has 0 aliphatic carbocycles. The molecule has 0 amide bonds. The van der Waals surface area contributed by atoms with Crippen molar-refractivity contribution in [1.29, 1.82) is 0 Å². The van der Waals surface area contributed by atoms with Gasteiger partial charge in [0.2, 0.25) is 0 Å². The van der Waals surface area contributed by atoms with E-state index in [1.54, 1.807) is 12.1 Å². The zero-order valence-electron chi connectivity index (χ0n) is 22.7. The van der Waals surface area contributed by atoms with E-state index < -0.39 is 25.0 Å².